The Labute approximate surface area is 134 Å². The maximum absolute atomic E-state index is 12.0. The van der Waals surface area contributed by atoms with Gasteiger partial charge in [0.1, 0.15) is 6.04 Å². The van der Waals surface area contributed by atoms with Crippen LogP contribution in [0.4, 0.5) is 4.79 Å². The fourth-order valence-corrected chi connectivity index (χ4v) is 3.26. The standard InChI is InChI=1S/C15H30N2O4Si/c1-15(2,3)22(4,5)21-11-10-17(14(19)20)12-8-6-7-9-16-13(12)18/h12H,6-11H2,1-5H3,(H,16,18)(H,19,20). The highest BCUT2D eigenvalue weighted by molar-refractivity contribution is 6.74. The summed E-state index contributed by atoms with van der Waals surface area (Å²) >= 11 is 0. The van der Waals surface area contributed by atoms with Gasteiger partial charge in [0, 0.05) is 13.1 Å². The lowest BCUT2D eigenvalue weighted by Crippen LogP contribution is -2.50. The zero-order valence-electron chi connectivity index (χ0n) is 14.4. The van der Waals surface area contributed by atoms with Crippen molar-refractivity contribution in [3.8, 4) is 0 Å². The molecule has 1 aliphatic rings. The smallest absolute Gasteiger partial charge is 0.408 e. The van der Waals surface area contributed by atoms with E-state index < -0.39 is 20.5 Å². The summed E-state index contributed by atoms with van der Waals surface area (Å²) in [6.45, 7) is 11.9. The van der Waals surface area contributed by atoms with E-state index in [0.717, 1.165) is 12.8 Å². The average molecular weight is 331 g/mol. The molecule has 0 aromatic rings. The Morgan fingerprint density at radius 2 is 2.05 bits per heavy atom. The van der Waals surface area contributed by atoms with Crippen LogP contribution in [0.5, 0.6) is 0 Å². The molecule has 128 valence electrons. The summed E-state index contributed by atoms with van der Waals surface area (Å²) in [5.41, 5.74) is 0. The molecule has 1 aliphatic heterocycles. The summed E-state index contributed by atoms with van der Waals surface area (Å²) in [6.07, 6.45) is 1.28. The van der Waals surface area contributed by atoms with E-state index in [-0.39, 0.29) is 17.5 Å². The van der Waals surface area contributed by atoms with Crippen molar-refractivity contribution in [2.45, 2.75) is 64.2 Å². The molecule has 22 heavy (non-hydrogen) atoms. The van der Waals surface area contributed by atoms with Crippen LogP contribution in [0.2, 0.25) is 18.1 Å². The Morgan fingerprint density at radius 3 is 2.59 bits per heavy atom. The fourth-order valence-electron chi connectivity index (χ4n) is 2.22. The minimum absolute atomic E-state index is 0.0841. The topological polar surface area (TPSA) is 78.9 Å². The van der Waals surface area contributed by atoms with Gasteiger partial charge < -0.3 is 14.8 Å². The second-order valence-corrected chi connectivity index (χ2v) is 12.2. The summed E-state index contributed by atoms with van der Waals surface area (Å²) in [5, 5.41) is 12.3. The molecule has 1 heterocycles. The summed E-state index contributed by atoms with van der Waals surface area (Å²) in [5.74, 6) is -0.188. The van der Waals surface area contributed by atoms with Crippen LogP contribution in [0.25, 0.3) is 0 Å². The van der Waals surface area contributed by atoms with E-state index in [1.165, 1.54) is 4.90 Å². The van der Waals surface area contributed by atoms with Crippen LogP contribution < -0.4 is 5.32 Å². The normalized spacial score (nSPS) is 20.2. The van der Waals surface area contributed by atoms with Gasteiger partial charge in [0.2, 0.25) is 5.91 Å². The molecule has 1 fully saturated rings. The number of hydrogen-bond acceptors (Lipinski definition) is 3. The van der Waals surface area contributed by atoms with Gasteiger partial charge >= 0.3 is 6.09 Å². The van der Waals surface area contributed by atoms with Gasteiger partial charge in [0.05, 0.1) is 6.61 Å². The lowest BCUT2D eigenvalue weighted by molar-refractivity contribution is -0.125. The molecule has 1 saturated heterocycles. The van der Waals surface area contributed by atoms with Crippen LogP contribution in [0.3, 0.4) is 0 Å². The third-order valence-corrected chi connectivity index (χ3v) is 9.27. The SMILES string of the molecule is CC(C)(C)[Si](C)(C)OCCN(C(=O)O)C1CCCCNC1=O. The van der Waals surface area contributed by atoms with Gasteiger partial charge in [-0.05, 0) is 37.4 Å². The summed E-state index contributed by atoms with van der Waals surface area (Å²) in [6, 6.07) is -0.594. The van der Waals surface area contributed by atoms with E-state index in [4.69, 9.17) is 4.43 Å². The molecule has 1 atom stereocenters. The minimum Gasteiger partial charge on any atom is -0.465 e. The highest BCUT2D eigenvalue weighted by Crippen LogP contribution is 2.36. The monoisotopic (exact) mass is 330 g/mol. The van der Waals surface area contributed by atoms with Crippen molar-refractivity contribution in [3.63, 3.8) is 0 Å². The highest BCUT2D eigenvalue weighted by atomic mass is 28.4. The van der Waals surface area contributed by atoms with Gasteiger partial charge in [-0.1, -0.05) is 20.8 Å². The Morgan fingerprint density at radius 1 is 1.41 bits per heavy atom. The molecule has 0 radical (unpaired) electrons. The quantitative estimate of drug-likeness (QED) is 0.760. The Kier molecular flexibility index (Phi) is 6.43. The molecular formula is C15H30N2O4Si. The minimum atomic E-state index is -1.90. The molecule has 0 aliphatic carbocycles. The lowest BCUT2D eigenvalue weighted by atomic mass is 10.1. The van der Waals surface area contributed by atoms with Gasteiger partial charge in [-0.2, -0.15) is 0 Å². The van der Waals surface area contributed by atoms with Crippen LogP contribution in [-0.4, -0.2) is 56.1 Å². The zero-order chi connectivity index (χ0) is 17.0. The van der Waals surface area contributed by atoms with Crippen molar-refractivity contribution in [1.29, 1.82) is 0 Å². The maximum atomic E-state index is 12.0. The summed E-state index contributed by atoms with van der Waals surface area (Å²) in [7, 11) is -1.90. The van der Waals surface area contributed by atoms with Crippen LogP contribution >= 0.6 is 0 Å². The number of carboxylic acid groups (broad SMARTS) is 1. The van der Waals surface area contributed by atoms with E-state index in [2.05, 4.69) is 39.2 Å². The van der Waals surface area contributed by atoms with Gasteiger partial charge in [-0.3, -0.25) is 9.69 Å². The first-order valence-electron chi connectivity index (χ1n) is 7.97. The molecule has 1 unspecified atom stereocenters. The molecule has 7 heteroatoms. The van der Waals surface area contributed by atoms with Crippen molar-refractivity contribution in [1.82, 2.24) is 10.2 Å². The molecule has 0 aromatic carbocycles. The van der Waals surface area contributed by atoms with E-state index in [1.54, 1.807) is 0 Å². The van der Waals surface area contributed by atoms with Crippen molar-refractivity contribution in [2.75, 3.05) is 19.7 Å². The third-order valence-electron chi connectivity index (χ3n) is 4.73. The number of nitrogens with one attached hydrogen (secondary N) is 1. The van der Waals surface area contributed by atoms with Crippen LogP contribution in [-0.2, 0) is 9.22 Å². The molecule has 2 amide bonds. The predicted octanol–water partition coefficient (Wildman–Crippen LogP) is 2.66. The number of amides is 2. The molecule has 0 spiro atoms. The van der Waals surface area contributed by atoms with E-state index >= 15 is 0 Å². The first-order chi connectivity index (χ1) is 10.1. The van der Waals surface area contributed by atoms with Crippen molar-refractivity contribution in [3.05, 3.63) is 0 Å². The first kappa shape index (κ1) is 19.0. The largest absolute Gasteiger partial charge is 0.465 e. The number of rotatable bonds is 5. The van der Waals surface area contributed by atoms with Gasteiger partial charge in [0.15, 0.2) is 8.32 Å². The zero-order valence-corrected chi connectivity index (χ0v) is 15.4. The van der Waals surface area contributed by atoms with Crippen molar-refractivity contribution >= 4 is 20.3 Å². The number of nitrogens with zero attached hydrogens (tertiary/aromatic N) is 1. The third kappa shape index (κ3) is 4.98. The maximum Gasteiger partial charge on any atom is 0.408 e. The average Bonchev–Trinajstić information content (AvgIpc) is 2.58. The highest BCUT2D eigenvalue weighted by Gasteiger charge is 2.37. The summed E-state index contributed by atoms with van der Waals surface area (Å²) < 4.78 is 6.03. The summed E-state index contributed by atoms with van der Waals surface area (Å²) in [4.78, 5) is 24.8. The van der Waals surface area contributed by atoms with Crippen molar-refractivity contribution < 1.29 is 19.1 Å². The molecule has 0 saturated carbocycles. The second-order valence-electron chi connectivity index (χ2n) is 7.39. The van der Waals surface area contributed by atoms with E-state index in [1.807, 2.05) is 0 Å². The van der Waals surface area contributed by atoms with Gasteiger partial charge in [-0.25, -0.2) is 4.79 Å². The molecule has 6 nitrogen and oxygen atoms in total. The van der Waals surface area contributed by atoms with E-state index in [9.17, 15) is 14.7 Å². The number of carbonyl (C=O) groups excluding carboxylic acids is 1. The van der Waals surface area contributed by atoms with Gasteiger partial charge in [0.25, 0.3) is 0 Å². The van der Waals surface area contributed by atoms with E-state index in [0.29, 0.717) is 19.6 Å². The second kappa shape index (κ2) is 7.46. The van der Waals surface area contributed by atoms with Crippen LogP contribution in [0.15, 0.2) is 0 Å². The van der Waals surface area contributed by atoms with Crippen LogP contribution in [0, 0.1) is 0 Å². The molecule has 2 N–H and O–H groups in total. The molecule has 0 bridgehead atoms. The van der Waals surface area contributed by atoms with Gasteiger partial charge in [-0.15, -0.1) is 0 Å². The Bertz CT molecular complexity index is 407. The lowest BCUT2D eigenvalue weighted by Gasteiger charge is -2.37. The predicted molar refractivity (Wildman–Crippen MR) is 88.5 cm³/mol. The number of hydrogen-bond donors (Lipinski definition) is 2. The van der Waals surface area contributed by atoms with Crippen LogP contribution in [0.1, 0.15) is 40.0 Å². The molecular weight excluding hydrogens is 300 g/mol. The number of carbonyl (C=O) groups is 2. The molecule has 0 aromatic heterocycles. The van der Waals surface area contributed by atoms with Crippen molar-refractivity contribution in [2.24, 2.45) is 0 Å². The Balaban J connectivity index is 2.65. The fraction of sp³-hybridized carbons (Fsp3) is 0.867. The Hall–Kier alpha value is -1.08. The molecule has 1 rings (SSSR count). The first-order valence-corrected chi connectivity index (χ1v) is 10.9.